The number of benzene rings is 2. The number of amides is 1. The Labute approximate surface area is 168 Å². The summed E-state index contributed by atoms with van der Waals surface area (Å²) in [5, 5.41) is 2.67. The van der Waals surface area contributed by atoms with Gasteiger partial charge >= 0.3 is 5.97 Å². The summed E-state index contributed by atoms with van der Waals surface area (Å²) in [5.41, 5.74) is 0.784. The molecule has 3 rings (SSSR count). The van der Waals surface area contributed by atoms with E-state index in [0.717, 1.165) is 6.42 Å². The van der Waals surface area contributed by atoms with Crippen molar-refractivity contribution in [3.05, 3.63) is 42.0 Å². The van der Waals surface area contributed by atoms with Crippen molar-refractivity contribution in [1.29, 1.82) is 0 Å². The molecule has 0 saturated carbocycles. The first kappa shape index (κ1) is 20.3. The quantitative estimate of drug-likeness (QED) is 0.713. The van der Waals surface area contributed by atoms with Crippen LogP contribution in [-0.4, -0.2) is 45.4 Å². The van der Waals surface area contributed by atoms with Crippen molar-refractivity contribution in [2.45, 2.75) is 13.3 Å². The fraction of sp³-hybridized carbons (Fsp3) is 0.333. The van der Waals surface area contributed by atoms with E-state index in [1.54, 1.807) is 30.3 Å². The largest absolute Gasteiger partial charge is 0.493 e. The lowest BCUT2D eigenvalue weighted by molar-refractivity contribution is -0.119. The third-order valence-electron chi connectivity index (χ3n) is 4.06. The van der Waals surface area contributed by atoms with Crippen molar-refractivity contribution < 1.29 is 33.3 Å². The lowest BCUT2D eigenvalue weighted by atomic mass is 10.2. The van der Waals surface area contributed by atoms with Crippen molar-refractivity contribution >= 4 is 17.6 Å². The van der Waals surface area contributed by atoms with E-state index < -0.39 is 18.5 Å². The van der Waals surface area contributed by atoms with Gasteiger partial charge in [0.1, 0.15) is 0 Å². The number of esters is 1. The van der Waals surface area contributed by atoms with E-state index in [2.05, 4.69) is 5.32 Å². The van der Waals surface area contributed by atoms with Crippen LogP contribution in [0.5, 0.6) is 23.0 Å². The molecule has 0 bridgehead atoms. The number of fused-ring (bicyclic) bond motifs is 1. The van der Waals surface area contributed by atoms with Crippen LogP contribution in [-0.2, 0) is 9.53 Å². The van der Waals surface area contributed by atoms with Gasteiger partial charge in [-0.05, 0) is 37.3 Å². The zero-order valence-electron chi connectivity index (χ0n) is 16.4. The second kappa shape index (κ2) is 9.68. The zero-order valence-corrected chi connectivity index (χ0v) is 16.4. The van der Waals surface area contributed by atoms with E-state index in [1.807, 2.05) is 6.92 Å². The number of anilines is 1. The van der Waals surface area contributed by atoms with Gasteiger partial charge in [0.05, 0.1) is 32.5 Å². The minimum Gasteiger partial charge on any atom is -0.493 e. The molecule has 1 N–H and O–H groups in total. The summed E-state index contributed by atoms with van der Waals surface area (Å²) in [6, 6.07) is 9.79. The topological polar surface area (TPSA) is 92.3 Å². The van der Waals surface area contributed by atoms with Crippen LogP contribution in [0.1, 0.15) is 23.7 Å². The van der Waals surface area contributed by atoms with Crippen molar-refractivity contribution in [2.24, 2.45) is 0 Å². The average Bonchev–Trinajstić information content (AvgIpc) is 2.97. The van der Waals surface area contributed by atoms with Gasteiger partial charge in [0, 0.05) is 18.2 Å². The molecule has 0 saturated heterocycles. The van der Waals surface area contributed by atoms with Gasteiger partial charge in [0.25, 0.3) is 5.91 Å². The van der Waals surface area contributed by atoms with Crippen molar-refractivity contribution in [2.75, 3.05) is 38.9 Å². The molecule has 8 heteroatoms. The van der Waals surface area contributed by atoms with Gasteiger partial charge in [-0.3, -0.25) is 4.79 Å². The van der Waals surface area contributed by atoms with Crippen LogP contribution >= 0.6 is 0 Å². The maximum atomic E-state index is 12.2. The molecule has 2 aromatic carbocycles. The molecule has 154 valence electrons. The fourth-order valence-corrected chi connectivity index (χ4v) is 2.72. The van der Waals surface area contributed by atoms with Crippen molar-refractivity contribution in [3.63, 3.8) is 0 Å². The monoisotopic (exact) mass is 401 g/mol. The van der Waals surface area contributed by atoms with Gasteiger partial charge in [0.15, 0.2) is 29.6 Å². The predicted molar refractivity (Wildman–Crippen MR) is 105 cm³/mol. The highest BCUT2D eigenvalue weighted by atomic mass is 16.5. The second-order valence-electron chi connectivity index (χ2n) is 6.13. The molecule has 0 spiro atoms. The number of ether oxygens (including phenoxy) is 5. The van der Waals surface area contributed by atoms with Crippen molar-refractivity contribution in [1.82, 2.24) is 0 Å². The summed E-state index contributed by atoms with van der Waals surface area (Å²) in [4.78, 5) is 24.4. The SMILES string of the molecule is CCOc1ccc(C(=O)OCC(=O)Nc2ccc3c(c2)OCCCO3)cc1OC. The van der Waals surface area contributed by atoms with Crippen LogP contribution in [0.15, 0.2) is 36.4 Å². The summed E-state index contributed by atoms with van der Waals surface area (Å²) < 4.78 is 26.9. The van der Waals surface area contributed by atoms with E-state index in [0.29, 0.717) is 48.5 Å². The van der Waals surface area contributed by atoms with E-state index in [4.69, 9.17) is 23.7 Å². The van der Waals surface area contributed by atoms with Gasteiger partial charge in [-0.2, -0.15) is 0 Å². The Balaban J connectivity index is 1.56. The fourth-order valence-electron chi connectivity index (χ4n) is 2.72. The third-order valence-corrected chi connectivity index (χ3v) is 4.06. The Morgan fingerprint density at radius 2 is 1.83 bits per heavy atom. The van der Waals surface area contributed by atoms with Crippen LogP contribution < -0.4 is 24.3 Å². The Bertz CT molecular complexity index is 881. The predicted octanol–water partition coefficient (Wildman–Crippen LogP) is 3.05. The first-order chi connectivity index (χ1) is 14.1. The van der Waals surface area contributed by atoms with Gasteiger partial charge in [-0.1, -0.05) is 0 Å². The molecule has 1 heterocycles. The normalized spacial score (nSPS) is 12.5. The molecular weight excluding hydrogens is 378 g/mol. The molecule has 0 fully saturated rings. The molecule has 0 aliphatic carbocycles. The van der Waals surface area contributed by atoms with E-state index in [-0.39, 0.29) is 5.56 Å². The average molecular weight is 401 g/mol. The molecule has 1 aliphatic heterocycles. The number of hydrogen-bond donors (Lipinski definition) is 1. The molecule has 8 nitrogen and oxygen atoms in total. The molecule has 29 heavy (non-hydrogen) atoms. The van der Waals surface area contributed by atoms with Crippen LogP contribution in [0.3, 0.4) is 0 Å². The number of nitrogens with one attached hydrogen (secondary N) is 1. The Hall–Kier alpha value is -3.42. The van der Waals surface area contributed by atoms with E-state index in [1.165, 1.54) is 13.2 Å². The number of rotatable bonds is 7. The van der Waals surface area contributed by atoms with Gasteiger partial charge in [0.2, 0.25) is 0 Å². The summed E-state index contributed by atoms with van der Waals surface area (Å²) in [6.07, 6.45) is 0.794. The van der Waals surface area contributed by atoms with Crippen molar-refractivity contribution in [3.8, 4) is 23.0 Å². The molecule has 1 amide bonds. The van der Waals surface area contributed by atoms with E-state index in [9.17, 15) is 9.59 Å². The van der Waals surface area contributed by atoms with E-state index >= 15 is 0 Å². The molecule has 0 radical (unpaired) electrons. The maximum absolute atomic E-state index is 12.2. The highest BCUT2D eigenvalue weighted by Crippen LogP contribution is 2.32. The first-order valence-electron chi connectivity index (χ1n) is 9.28. The zero-order chi connectivity index (χ0) is 20.6. The summed E-state index contributed by atoms with van der Waals surface area (Å²) in [7, 11) is 1.48. The molecule has 2 aromatic rings. The van der Waals surface area contributed by atoms with Crippen LogP contribution in [0.25, 0.3) is 0 Å². The highest BCUT2D eigenvalue weighted by molar-refractivity contribution is 5.96. The van der Waals surface area contributed by atoms with Crippen LogP contribution in [0.4, 0.5) is 5.69 Å². The van der Waals surface area contributed by atoms with Gasteiger partial charge < -0.3 is 29.0 Å². The molecule has 0 aromatic heterocycles. The third kappa shape index (κ3) is 5.31. The summed E-state index contributed by atoms with van der Waals surface area (Å²) in [6.45, 7) is 3.03. The van der Waals surface area contributed by atoms with Gasteiger partial charge in [-0.15, -0.1) is 0 Å². The maximum Gasteiger partial charge on any atom is 0.338 e. The number of carbonyl (C=O) groups is 2. The molecule has 0 atom stereocenters. The lowest BCUT2D eigenvalue weighted by Crippen LogP contribution is -2.21. The molecular formula is C21H23NO7. The number of methoxy groups -OCH3 is 1. The Kier molecular flexibility index (Phi) is 6.78. The Morgan fingerprint density at radius 1 is 1.03 bits per heavy atom. The van der Waals surface area contributed by atoms with Crippen LogP contribution in [0, 0.1) is 0 Å². The van der Waals surface area contributed by atoms with Gasteiger partial charge in [-0.25, -0.2) is 4.79 Å². The molecule has 1 aliphatic rings. The Morgan fingerprint density at radius 3 is 2.59 bits per heavy atom. The summed E-state index contributed by atoms with van der Waals surface area (Å²) >= 11 is 0. The standard InChI is InChI=1S/C21H23NO7/c1-3-26-16-7-5-14(11-18(16)25-2)21(24)29-13-20(23)22-15-6-8-17-19(12-15)28-10-4-9-27-17/h5-8,11-12H,3-4,9-10,13H2,1-2H3,(H,22,23). The smallest absolute Gasteiger partial charge is 0.338 e. The number of carbonyl (C=O) groups excluding carboxylic acids is 2. The second-order valence-corrected chi connectivity index (χ2v) is 6.13. The minimum absolute atomic E-state index is 0.258. The number of hydrogen-bond acceptors (Lipinski definition) is 7. The highest BCUT2D eigenvalue weighted by Gasteiger charge is 2.15. The first-order valence-corrected chi connectivity index (χ1v) is 9.28. The molecule has 0 unspecified atom stereocenters. The van der Waals surface area contributed by atoms with Crippen LogP contribution in [0.2, 0.25) is 0 Å². The lowest BCUT2D eigenvalue weighted by Gasteiger charge is -2.12. The summed E-state index contributed by atoms with van der Waals surface area (Å²) in [5.74, 6) is 1.04. The minimum atomic E-state index is -0.639.